The average molecular weight is 193 g/mol. The minimum absolute atomic E-state index is 0.154. The Kier molecular flexibility index (Phi) is 2.15. The van der Waals surface area contributed by atoms with Gasteiger partial charge in [-0.1, -0.05) is 0 Å². The van der Waals surface area contributed by atoms with E-state index in [9.17, 15) is 4.79 Å². The second-order valence-corrected chi connectivity index (χ2v) is 4.27. The van der Waals surface area contributed by atoms with E-state index in [1.165, 1.54) is 18.9 Å². The number of aromatic nitrogens is 2. The van der Waals surface area contributed by atoms with Crippen LogP contribution in [-0.4, -0.2) is 15.7 Å². The van der Waals surface area contributed by atoms with Gasteiger partial charge in [0.2, 0.25) is 0 Å². The summed E-state index contributed by atoms with van der Waals surface area (Å²) in [6, 6.07) is 3.47. The molecule has 1 aliphatic rings. The second-order valence-electron chi connectivity index (χ2n) is 4.27. The Hall–Kier alpha value is -1.16. The molecule has 1 fully saturated rings. The lowest BCUT2D eigenvalue weighted by atomic mass is 10.2. The highest BCUT2D eigenvalue weighted by atomic mass is 16.1. The van der Waals surface area contributed by atoms with E-state index < -0.39 is 0 Å². The molecule has 1 aromatic heterocycles. The van der Waals surface area contributed by atoms with E-state index in [0.717, 1.165) is 5.69 Å². The van der Waals surface area contributed by atoms with Crippen LogP contribution in [0.2, 0.25) is 0 Å². The van der Waals surface area contributed by atoms with Gasteiger partial charge in [0.15, 0.2) is 0 Å². The molecule has 0 aliphatic heterocycles. The maximum Gasteiger partial charge on any atom is 0.264 e. The number of nitrogens with zero attached hydrogens (tertiary/aromatic N) is 1. The van der Waals surface area contributed by atoms with Gasteiger partial charge in [-0.05, 0) is 32.8 Å². The summed E-state index contributed by atoms with van der Waals surface area (Å²) in [4.78, 5) is 10.8. The molecule has 4 nitrogen and oxygen atoms in total. The molecular formula is C10H15N3O. The lowest BCUT2D eigenvalue weighted by Crippen LogP contribution is -2.31. The van der Waals surface area contributed by atoms with Gasteiger partial charge in [-0.2, -0.15) is 5.10 Å². The molecule has 4 heteroatoms. The monoisotopic (exact) mass is 193 g/mol. The van der Waals surface area contributed by atoms with E-state index in [1.807, 2.05) is 0 Å². The number of aromatic amines is 1. The molecule has 0 aromatic carbocycles. The Bertz CT molecular complexity index is 361. The maximum atomic E-state index is 10.8. The van der Waals surface area contributed by atoms with Gasteiger partial charge < -0.3 is 5.32 Å². The Labute approximate surface area is 82.7 Å². The molecule has 1 heterocycles. The summed E-state index contributed by atoms with van der Waals surface area (Å²) in [5.41, 5.74) is 1.02. The van der Waals surface area contributed by atoms with E-state index in [2.05, 4.69) is 29.4 Å². The van der Waals surface area contributed by atoms with Crippen LogP contribution in [0.25, 0.3) is 0 Å². The smallest absolute Gasteiger partial charge is 0.264 e. The van der Waals surface area contributed by atoms with Crippen molar-refractivity contribution in [3.63, 3.8) is 0 Å². The molecule has 1 aromatic rings. The molecule has 2 rings (SSSR count). The average Bonchev–Trinajstić information content (AvgIpc) is 2.84. The van der Waals surface area contributed by atoms with E-state index in [-0.39, 0.29) is 17.1 Å². The first kappa shape index (κ1) is 9.40. The number of rotatable bonds is 3. The molecule has 0 amide bonds. The molecule has 76 valence electrons. The Morgan fingerprint density at radius 2 is 2.29 bits per heavy atom. The van der Waals surface area contributed by atoms with Crippen molar-refractivity contribution >= 4 is 0 Å². The van der Waals surface area contributed by atoms with Crippen molar-refractivity contribution in [3.8, 4) is 0 Å². The first-order valence-corrected chi connectivity index (χ1v) is 4.92. The van der Waals surface area contributed by atoms with E-state index in [1.54, 1.807) is 6.07 Å². The van der Waals surface area contributed by atoms with Crippen LogP contribution in [0, 0.1) is 0 Å². The minimum Gasteiger partial charge on any atom is -0.303 e. The van der Waals surface area contributed by atoms with Crippen molar-refractivity contribution in [3.05, 3.63) is 28.2 Å². The summed E-state index contributed by atoms with van der Waals surface area (Å²) in [7, 11) is 0. The quantitative estimate of drug-likeness (QED) is 0.752. The zero-order valence-corrected chi connectivity index (χ0v) is 8.50. The third-order valence-electron chi connectivity index (χ3n) is 2.71. The van der Waals surface area contributed by atoms with Gasteiger partial charge in [0, 0.05) is 17.6 Å². The molecule has 1 aliphatic carbocycles. The summed E-state index contributed by atoms with van der Waals surface area (Å²) in [5.74, 6) is 0. The molecule has 1 saturated carbocycles. The molecule has 0 saturated heterocycles. The molecule has 2 N–H and O–H groups in total. The highest BCUT2D eigenvalue weighted by Crippen LogP contribution is 2.36. The van der Waals surface area contributed by atoms with E-state index in [4.69, 9.17) is 0 Å². The molecule has 0 radical (unpaired) electrons. The van der Waals surface area contributed by atoms with Crippen LogP contribution in [0.5, 0.6) is 0 Å². The fourth-order valence-corrected chi connectivity index (χ4v) is 1.52. The van der Waals surface area contributed by atoms with Crippen LogP contribution in [0.4, 0.5) is 0 Å². The van der Waals surface area contributed by atoms with Crippen molar-refractivity contribution in [2.45, 2.75) is 38.3 Å². The molecule has 1 unspecified atom stereocenters. The van der Waals surface area contributed by atoms with Crippen LogP contribution in [0.3, 0.4) is 0 Å². The van der Waals surface area contributed by atoms with E-state index in [0.29, 0.717) is 0 Å². The third-order valence-corrected chi connectivity index (χ3v) is 2.71. The summed E-state index contributed by atoms with van der Waals surface area (Å²) in [6.45, 7) is 4.26. The van der Waals surface area contributed by atoms with Crippen molar-refractivity contribution in [1.29, 1.82) is 0 Å². The van der Waals surface area contributed by atoms with Gasteiger partial charge in [0.05, 0.1) is 5.69 Å². The molecular weight excluding hydrogens is 178 g/mol. The second kappa shape index (κ2) is 3.20. The fraction of sp³-hybridized carbons (Fsp3) is 0.600. The summed E-state index contributed by atoms with van der Waals surface area (Å²) >= 11 is 0. The Morgan fingerprint density at radius 3 is 2.79 bits per heavy atom. The fourth-order valence-electron chi connectivity index (χ4n) is 1.52. The van der Waals surface area contributed by atoms with Crippen molar-refractivity contribution < 1.29 is 0 Å². The van der Waals surface area contributed by atoms with Gasteiger partial charge in [-0.15, -0.1) is 0 Å². The minimum atomic E-state index is -0.154. The molecule has 1 atom stereocenters. The van der Waals surface area contributed by atoms with Crippen LogP contribution in [0.15, 0.2) is 16.9 Å². The van der Waals surface area contributed by atoms with Gasteiger partial charge in [-0.3, -0.25) is 4.79 Å². The summed E-state index contributed by atoms with van der Waals surface area (Å²) < 4.78 is 0. The zero-order chi connectivity index (χ0) is 10.2. The normalized spacial score (nSPS) is 20.4. The van der Waals surface area contributed by atoms with Crippen molar-refractivity contribution in [2.75, 3.05) is 0 Å². The number of hydrogen-bond acceptors (Lipinski definition) is 3. The van der Waals surface area contributed by atoms with E-state index >= 15 is 0 Å². The standard InChI is InChI=1S/C10H15N3O/c1-7(11-10(2)5-6-10)8-3-4-9(14)13-12-8/h3-4,7,11H,5-6H2,1-2H3,(H,13,14). The van der Waals surface area contributed by atoms with Gasteiger partial charge in [0.25, 0.3) is 5.56 Å². The maximum absolute atomic E-state index is 10.8. The predicted molar refractivity (Wildman–Crippen MR) is 54.0 cm³/mol. The Balaban J connectivity index is 2.07. The first-order chi connectivity index (χ1) is 6.59. The lowest BCUT2D eigenvalue weighted by Gasteiger charge is -2.17. The van der Waals surface area contributed by atoms with Crippen LogP contribution < -0.4 is 10.9 Å². The molecule has 0 spiro atoms. The van der Waals surface area contributed by atoms with Crippen molar-refractivity contribution in [1.82, 2.24) is 15.5 Å². The highest BCUT2D eigenvalue weighted by molar-refractivity contribution is 5.08. The predicted octanol–water partition coefficient (Wildman–Crippen LogP) is 0.973. The van der Waals surface area contributed by atoms with Crippen molar-refractivity contribution in [2.24, 2.45) is 0 Å². The van der Waals surface area contributed by atoms with Gasteiger partial charge in [0.1, 0.15) is 0 Å². The van der Waals surface area contributed by atoms with Crippen LogP contribution in [0.1, 0.15) is 38.4 Å². The number of hydrogen-bond donors (Lipinski definition) is 2. The Morgan fingerprint density at radius 1 is 1.57 bits per heavy atom. The number of nitrogens with one attached hydrogen (secondary N) is 2. The van der Waals surface area contributed by atoms with Crippen LogP contribution >= 0.6 is 0 Å². The summed E-state index contributed by atoms with van der Waals surface area (Å²) in [6.07, 6.45) is 2.45. The topological polar surface area (TPSA) is 57.8 Å². The summed E-state index contributed by atoms with van der Waals surface area (Å²) in [5, 5.41) is 9.91. The van der Waals surface area contributed by atoms with Gasteiger partial charge >= 0.3 is 0 Å². The SMILES string of the molecule is CC(NC1(C)CC1)c1ccc(=O)[nH]n1. The zero-order valence-electron chi connectivity index (χ0n) is 8.50. The lowest BCUT2D eigenvalue weighted by molar-refractivity contribution is 0.456. The highest BCUT2D eigenvalue weighted by Gasteiger charge is 2.38. The largest absolute Gasteiger partial charge is 0.303 e. The first-order valence-electron chi connectivity index (χ1n) is 4.92. The third kappa shape index (κ3) is 2.01. The molecule has 14 heavy (non-hydrogen) atoms. The van der Waals surface area contributed by atoms with Gasteiger partial charge in [-0.25, -0.2) is 5.10 Å². The molecule has 0 bridgehead atoms. The van der Waals surface area contributed by atoms with Crippen LogP contribution in [-0.2, 0) is 0 Å². The number of H-pyrrole nitrogens is 1.